The van der Waals surface area contributed by atoms with Crippen LogP contribution in [0.1, 0.15) is 27.7 Å². The molecule has 192 valence electrons. The van der Waals surface area contributed by atoms with E-state index >= 15 is 0 Å². The highest BCUT2D eigenvalue weighted by Crippen LogP contribution is 2.64. The van der Waals surface area contributed by atoms with Crippen LogP contribution < -0.4 is 21.2 Å². The zero-order chi connectivity index (χ0) is 26.1. The first-order chi connectivity index (χ1) is 18.2. The quantitative estimate of drug-likeness (QED) is 0.203. The molecule has 0 fully saturated rings. The lowest BCUT2D eigenvalue weighted by Crippen LogP contribution is -2.41. The minimum atomic E-state index is -2.13. The predicted molar refractivity (Wildman–Crippen MR) is 170 cm³/mol. The number of hydrogen-bond donors (Lipinski definition) is 0. The first-order valence-electron chi connectivity index (χ1n) is 13.5. The van der Waals surface area contributed by atoms with Gasteiger partial charge in [-0.3, -0.25) is 4.67 Å². The summed E-state index contributed by atoms with van der Waals surface area (Å²) in [5.41, 5.74) is 2.87. The lowest BCUT2D eigenvalue weighted by molar-refractivity contribution is 0.509. The highest BCUT2D eigenvalue weighted by Gasteiger charge is 2.50. The van der Waals surface area contributed by atoms with Crippen LogP contribution in [0.15, 0.2) is 121 Å². The van der Waals surface area contributed by atoms with Gasteiger partial charge in [0, 0.05) is 20.1 Å². The molecule has 0 atom stereocenters. The van der Waals surface area contributed by atoms with Crippen molar-refractivity contribution in [2.24, 2.45) is 0 Å². The second-order valence-electron chi connectivity index (χ2n) is 9.11. The van der Waals surface area contributed by atoms with Gasteiger partial charge in [-0.15, -0.1) is 0 Å². The van der Waals surface area contributed by atoms with Crippen molar-refractivity contribution in [3.63, 3.8) is 0 Å². The molecule has 0 saturated heterocycles. The van der Waals surface area contributed by atoms with Crippen LogP contribution in [-0.2, 0) is 0 Å². The molecule has 0 amide bonds. The van der Waals surface area contributed by atoms with E-state index in [-0.39, 0.29) is 0 Å². The second kappa shape index (κ2) is 12.9. The smallest absolute Gasteiger partial charge is 0.175 e. The molecule has 0 unspecified atom stereocenters. The van der Waals surface area contributed by atoms with Crippen molar-refractivity contribution >= 4 is 41.2 Å². The number of hydrogen-bond acceptors (Lipinski definition) is 2. The lowest BCUT2D eigenvalue weighted by atomic mass is 10.4. The van der Waals surface area contributed by atoms with E-state index in [2.05, 4.69) is 164 Å². The zero-order valence-electron chi connectivity index (χ0n) is 22.7. The summed E-state index contributed by atoms with van der Waals surface area (Å²) in [5, 5.41) is 5.70. The topological polar surface area (TPSA) is 6.48 Å². The average molecular weight is 528 g/mol. The van der Waals surface area contributed by atoms with Crippen molar-refractivity contribution in [1.82, 2.24) is 9.34 Å². The minimum Gasteiger partial charge on any atom is -0.274 e. The summed E-state index contributed by atoms with van der Waals surface area (Å²) in [6.07, 6.45) is 0. The van der Waals surface area contributed by atoms with E-state index in [4.69, 9.17) is 0 Å². The third-order valence-corrected chi connectivity index (χ3v) is 17.2. The van der Waals surface area contributed by atoms with Crippen molar-refractivity contribution in [3.8, 4) is 0 Å². The maximum atomic E-state index is 2.87. The van der Waals surface area contributed by atoms with Crippen molar-refractivity contribution in [2.45, 2.75) is 27.7 Å². The third kappa shape index (κ3) is 5.27. The molecule has 0 N–H and O–H groups in total. The van der Waals surface area contributed by atoms with E-state index in [1.54, 1.807) is 0 Å². The Hall–Kier alpha value is -2.47. The van der Waals surface area contributed by atoms with Crippen molar-refractivity contribution in [1.29, 1.82) is 0 Å². The first kappa shape index (κ1) is 27.6. The van der Waals surface area contributed by atoms with Gasteiger partial charge >= 0.3 is 0 Å². The molecular weight excluding hydrogens is 486 g/mol. The second-order valence-corrected chi connectivity index (χ2v) is 16.0. The van der Waals surface area contributed by atoms with Crippen molar-refractivity contribution in [2.75, 3.05) is 26.2 Å². The van der Waals surface area contributed by atoms with Gasteiger partial charge in [0.05, 0.1) is 0 Å². The molecule has 37 heavy (non-hydrogen) atoms. The fraction of sp³-hybridized carbons (Fsp3) is 0.242. The van der Waals surface area contributed by atoms with Crippen LogP contribution in [0.3, 0.4) is 0 Å². The van der Waals surface area contributed by atoms with Gasteiger partial charge < -0.3 is 0 Å². The summed E-state index contributed by atoms with van der Waals surface area (Å²) in [5.74, 6) is 0. The largest absolute Gasteiger partial charge is 0.274 e. The molecule has 0 aliphatic carbocycles. The van der Waals surface area contributed by atoms with Crippen LogP contribution in [0, 0.1) is 0 Å². The summed E-state index contributed by atoms with van der Waals surface area (Å²) in [6, 6.07) is 45.2. The minimum absolute atomic E-state index is 0.992. The molecule has 4 aromatic rings. The summed E-state index contributed by atoms with van der Waals surface area (Å²) < 4.78 is 5.50. The van der Waals surface area contributed by atoms with E-state index in [0.717, 1.165) is 26.2 Å². The molecule has 0 saturated carbocycles. The summed E-state index contributed by atoms with van der Waals surface area (Å²) in [4.78, 5) is 0. The number of benzene rings is 4. The highest BCUT2D eigenvalue weighted by atomic mass is 31.2. The molecule has 4 aromatic carbocycles. The number of nitrogens with zero attached hydrogens (tertiary/aromatic N) is 2. The van der Waals surface area contributed by atoms with Crippen LogP contribution in [0.4, 0.5) is 0 Å². The Morgan fingerprint density at radius 2 is 0.865 bits per heavy atom. The molecule has 2 nitrogen and oxygen atoms in total. The van der Waals surface area contributed by atoms with Crippen LogP contribution in [0.2, 0.25) is 0 Å². The van der Waals surface area contributed by atoms with Crippen LogP contribution in [-0.4, -0.2) is 41.1 Å². The first-order valence-corrected chi connectivity index (χ1v) is 17.2. The van der Waals surface area contributed by atoms with E-state index in [9.17, 15) is 0 Å². The average Bonchev–Trinajstić information content (AvgIpc) is 2.98. The van der Waals surface area contributed by atoms with Gasteiger partial charge in [0.2, 0.25) is 0 Å². The maximum Gasteiger partial charge on any atom is 0.175 e. The Kier molecular flexibility index (Phi) is 9.58. The fourth-order valence-corrected chi connectivity index (χ4v) is 17.0. The molecule has 0 spiro atoms. The van der Waals surface area contributed by atoms with Gasteiger partial charge in [-0.1, -0.05) is 111 Å². The Labute approximate surface area is 225 Å². The Balaban J connectivity index is 2.28. The lowest BCUT2D eigenvalue weighted by Gasteiger charge is -2.41. The van der Waals surface area contributed by atoms with Gasteiger partial charge in [-0.2, -0.15) is 4.67 Å². The summed E-state index contributed by atoms with van der Waals surface area (Å²) in [6.45, 7) is 13.2. The van der Waals surface area contributed by atoms with Crippen LogP contribution >= 0.6 is 14.4 Å². The molecule has 0 aliphatic heterocycles. The van der Waals surface area contributed by atoms with E-state index in [1.165, 1.54) is 21.2 Å². The molecular formula is C33H41N2P2+. The molecule has 0 heterocycles. The van der Waals surface area contributed by atoms with E-state index in [0.29, 0.717) is 0 Å². The van der Waals surface area contributed by atoms with Gasteiger partial charge in [0.15, 0.2) is 7.41 Å². The van der Waals surface area contributed by atoms with E-state index < -0.39 is 14.4 Å². The highest BCUT2D eigenvalue weighted by molar-refractivity contribution is 8.11. The van der Waals surface area contributed by atoms with Crippen LogP contribution in [0.5, 0.6) is 0 Å². The number of rotatable bonds is 11. The Morgan fingerprint density at radius 1 is 0.514 bits per heavy atom. The maximum absolute atomic E-state index is 2.87. The normalized spacial score (nSPS) is 12.2. The fourth-order valence-electron chi connectivity index (χ4n) is 5.57. The Morgan fingerprint density at radius 3 is 1.19 bits per heavy atom. The predicted octanol–water partition coefficient (Wildman–Crippen LogP) is 6.60. The summed E-state index contributed by atoms with van der Waals surface area (Å²) in [7, 11) is -4.26. The Bertz CT molecular complexity index is 1180. The van der Waals surface area contributed by atoms with Crippen molar-refractivity contribution in [3.05, 3.63) is 121 Å². The zero-order valence-corrected chi connectivity index (χ0v) is 24.5. The van der Waals surface area contributed by atoms with Gasteiger partial charge in [-0.25, -0.2) is 0 Å². The van der Waals surface area contributed by atoms with Crippen LogP contribution in [0.25, 0.3) is 0 Å². The summed E-state index contributed by atoms with van der Waals surface area (Å²) >= 11 is 0. The molecule has 0 radical (unpaired) electrons. The van der Waals surface area contributed by atoms with Gasteiger partial charge in [0.25, 0.3) is 0 Å². The molecule has 4 rings (SSSR count). The molecule has 4 heteroatoms. The SMILES string of the molecule is CCN(CC)P(=C[P+](c1ccccc1)(c1ccccc1)N(CC)CC)(c1ccccc1)c1ccccc1. The molecule has 0 aromatic heterocycles. The van der Waals surface area contributed by atoms with Gasteiger partial charge in [0.1, 0.15) is 16.1 Å². The van der Waals surface area contributed by atoms with Crippen molar-refractivity contribution < 1.29 is 0 Å². The van der Waals surface area contributed by atoms with Gasteiger partial charge in [-0.05, 0) is 61.8 Å². The monoisotopic (exact) mass is 527 g/mol. The third-order valence-electron chi connectivity index (χ3n) is 7.29. The molecule has 0 aliphatic rings. The standard InChI is InChI=1S/C33H41N2P2/c1-5-34(6-2)36(30-21-13-9-14-22-30,31-23-15-10-16-24-31)29-37(35(7-3)8-4,32-25-17-11-18-26-32)33-27-19-12-20-28-33/h9-29H,5-8H2,1-4H3/q+1. The molecule has 0 bridgehead atoms. The van der Waals surface area contributed by atoms with E-state index in [1.807, 2.05) is 0 Å².